The standard InChI is InChI=1S/C16H21N3O3/c20-15(13-9-12(13)14-4-2-8-22-14)18-6-1-3-11(10-18)19-7-5-17-16(19)21/h2,4,8,11-13H,1,3,5-7,9-10H2,(H,17,21)/t11-,12+,13+/m0/s1. The van der Waals surface area contributed by atoms with Crippen molar-refractivity contribution in [3.05, 3.63) is 24.2 Å². The number of urea groups is 1. The normalized spacial score (nSPS) is 31.3. The van der Waals surface area contributed by atoms with Crippen molar-refractivity contribution in [2.45, 2.75) is 31.2 Å². The summed E-state index contributed by atoms with van der Waals surface area (Å²) in [6.07, 6.45) is 4.51. The molecule has 118 valence electrons. The number of amides is 3. The van der Waals surface area contributed by atoms with Gasteiger partial charge in [-0.05, 0) is 31.4 Å². The van der Waals surface area contributed by atoms with Crippen molar-refractivity contribution in [1.82, 2.24) is 15.1 Å². The van der Waals surface area contributed by atoms with Gasteiger partial charge in [-0.1, -0.05) is 0 Å². The second-order valence-corrected chi connectivity index (χ2v) is 6.47. The Morgan fingerprint density at radius 2 is 2.27 bits per heavy atom. The fourth-order valence-electron chi connectivity index (χ4n) is 3.76. The Morgan fingerprint density at radius 3 is 3.00 bits per heavy atom. The van der Waals surface area contributed by atoms with Gasteiger partial charge in [0, 0.05) is 38.0 Å². The van der Waals surface area contributed by atoms with E-state index in [-0.39, 0.29) is 29.8 Å². The van der Waals surface area contributed by atoms with Crippen LogP contribution < -0.4 is 5.32 Å². The molecular formula is C16H21N3O3. The Bertz CT molecular complexity index is 571. The lowest BCUT2D eigenvalue weighted by Crippen LogP contribution is -2.51. The highest BCUT2D eigenvalue weighted by atomic mass is 16.3. The second kappa shape index (κ2) is 5.34. The van der Waals surface area contributed by atoms with Crippen LogP contribution >= 0.6 is 0 Å². The second-order valence-electron chi connectivity index (χ2n) is 6.47. The molecule has 4 rings (SSSR count). The van der Waals surface area contributed by atoms with Crippen molar-refractivity contribution in [3.8, 4) is 0 Å². The number of nitrogens with zero attached hydrogens (tertiary/aromatic N) is 2. The summed E-state index contributed by atoms with van der Waals surface area (Å²) in [4.78, 5) is 28.3. The first-order chi connectivity index (χ1) is 10.7. The fourth-order valence-corrected chi connectivity index (χ4v) is 3.76. The molecule has 0 unspecified atom stereocenters. The Hall–Kier alpha value is -1.98. The van der Waals surface area contributed by atoms with Crippen molar-refractivity contribution in [1.29, 1.82) is 0 Å². The van der Waals surface area contributed by atoms with Crippen LogP contribution in [0.1, 0.15) is 30.9 Å². The molecule has 2 aliphatic heterocycles. The number of nitrogens with one attached hydrogen (secondary N) is 1. The van der Waals surface area contributed by atoms with Gasteiger partial charge in [-0.2, -0.15) is 0 Å². The SMILES string of the molecule is O=C([C@@H]1C[C@H]1c1ccco1)N1CCC[C@H](N2CCNC2=O)C1. The number of rotatable bonds is 3. The number of likely N-dealkylation sites (tertiary alicyclic amines) is 1. The van der Waals surface area contributed by atoms with Gasteiger partial charge in [0.1, 0.15) is 5.76 Å². The molecule has 1 aromatic heterocycles. The van der Waals surface area contributed by atoms with E-state index in [0.29, 0.717) is 13.1 Å². The van der Waals surface area contributed by atoms with Gasteiger partial charge >= 0.3 is 6.03 Å². The largest absolute Gasteiger partial charge is 0.469 e. The van der Waals surface area contributed by atoms with E-state index in [0.717, 1.165) is 38.1 Å². The molecule has 1 saturated carbocycles. The number of carbonyl (C=O) groups is 2. The molecule has 6 heteroatoms. The molecule has 3 fully saturated rings. The molecule has 3 aliphatic rings. The van der Waals surface area contributed by atoms with E-state index in [9.17, 15) is 9.59 Å². The molecule has 22 heavy (non-hydrogen) atoms. The van der Waals surface area contributed by atoms with Crippen LogP contribution in [0.15, 0.2) is 22.8 Å². The molecular weight excluding hydrogens is 282 g/mol. The summed E-state index contributed by atoms with van der Waals surface area (Å²) in [5.74, 6) is 1.46. The van der Waals surface area contributed by atoms with Crippen LogP contribution in [0.4, 0.5) is 4.79 Å². The van der Waals surface area contributed by atoms with Gasteiger partial charge < -0.3 is 19.5 Å². The quantitative estimate of drug-likeness (QED) is 0.918. The lowest BCUT2D eigenvalue weighted by molar-refractivity contribution is -0.134. The maximum atomic E-state index is 12.7. The molecule has 1 aliphatic carbocycles. The Labute approximate surface area is 129 Å². The summed E-state index contributed by atoms with van der Waals surface area (Å²) in [6.45, 7) is 2.95. The van der Waals surface area contributed by atoms with E-state index in [2.05, 4.69) is 5.32 Å². The minimum Gasteiger partial charge on any atom is -0.469 e. The number of carbonyl (C=O) groups excluding carboxylic acids is 2. The smallest absolute Gasteiger partial charge is 0.317 e. The summed E-state index contributed by atoms with van der Waals surface area (Å²) >= 11 is 0. The minimum absolute atomic E-state index is 0.0131. The van der Waals surface area contributed by atoms with Crippen LogP contribution in [0.3, 0.4) is 0 Å². The molecule has 1 N–H and O–H groups in total. The van der Waals surface area contributed by atoms with Gasteiger partial charge in [0.05, 0.1) is 12.3 Å². The van der Waals surface area contributed by atoms with Crippen LogP contribution in [-0.4, -0.2) is 54.0 Å². The lowest BCUT2D eigenvalue weighted by atomic mass is 10.0. The highest BCUT2D eigenvalue weighted by Gasteiger charge is 2.48. The third-order valence-electron chi connectivity index (χ3n) is 5.06. The van der Waals surface area contributed by atoms with E-state index in [1.165, 1.54) is 0 Å². The molecule has 3 amide bonds. The number of piperidine rings is 1. The molecule has 3 heterocycles. The van der Waals surface area contributed by atoms with Crippen molar-refractivity contribution >= 4 is 11.9 Å². The predicted molar refractivity (Wildman–Crippen MR) is 79.3 cm³/mol. The molecule has 2 saturated heterocycles. The third kappa shape index (κ3) is 2.36. The van der Waals surface area contributed by atoms with Crippen LogP contribution in [0.25, 0.3) is 0 Å². The molecule has 1 aromatic rings. The number of hydrogen-bond donors (Lipinski definition) is 1. The Kier molecular flexibility index (Phi) is 3.32. The van der Waals surface area contributed by atoms with E-state index >= 15 is 0 Å². The maximum absolute atomic E-state index is 12.7. The highest BCUT2D eigenvalue weighted by molar-refractivity contribution is 5.83. The van der Waals surface area contributed by atoms with E-state index in [1.807, 2.05) is 21.9 Å². The van der Waals surface area contributed by atoms with Gasteiger partial charge in [0.2, 0.25) is 5.91 Å². The van der Waals surface area contributed by atoms with Gasteiger partial charge in [0.15, 0.2) is 0 Å². The van der Waals surface area contributed by atoms with Gasteiger partial charge in [-0.15, -0.1) is 0 Å². The summed E-state index contributed by atoms with van der Waals surface area (Å²) in [5, 5.41) is 2.84. The zero-order valence-electron chi connectivity index (χ0n) is 12.5. The first-order valence-corrected chi connectivity index (χ1v) is 8.10. The molecule has 0 radical (unpaired) electrons. The van der Waals surface area contributed by atoms with E-state index in [4.69, 9.17) is 4.42 Å². The third-order valence-corrected chi connectivity index (χ3v) is 5.06. The van der Waals surface area contributed by atoms with E-state index in [1.54, 1.807) is 6.26 Å². The molecule has 6 nitrogen and oxygen atoms in total. The number of hydrogen-bond acceptors (Lipinski definition) is 3. The van der Waals surface area contributed by atoms with E-state index < -0.39 is 0 Å². The van der Waals surface area contributed by atoms with Crippen LogP contribution in [0, 0.1) is 5.92 Å². The molecule has 3 atom stereocenters. The summed E-state index contributed by atoms with van der Waals surface area (Å²) in [5.41, 5.74) is 0. The lowest BCUT2D eigenvalue weighted by Gasteiger charge is -2.37. The van der Waals surface area contributed by atoms with Crippen LogP contribution in [-0.2, 0) is 4.79 Å². The van der Waals surface area contributed by atoms with Crippen LogP contribution in [0.2, 0.25) is 0 Å². The first kappa shape index (κ1) is 13.7. The van der Waals surface area contributed by atoms with Crippen molar-refractivity contribution in [2.75, 3.05) is 26.2 Å². The van der Waals surface area contributed by atoms with Gasteiger partial charge in [-0.25, -0.2) is 4.79 Å². The average molecular weight is 303 g/mol. The Balaban J connectivity index is 1.38. The monoisotopic (exact) mass is 303 g/mol. The predicted octanol–water partition coefficient (Wildman–Crippen LogP) is 1.40. The zero-order chi connectivity index (χ0) is 15.1. The number of furan rings is 1. The maximum Gasteiger partial charge on any atom is 0.317 e. The molecule has 0 spiro atoms. The average Bonchev–Trinajstić information content (AvgIpc) is 2.95. The molecule has 0 aromatic carbocycles. The zero-order valence-corrected chi connectivity index (χ0v) is 12.5. The summed E-state index contributed by atoms with van der Waals surface area (Å²) in [7, 11) is 0. The highest BCUT2D eigenvalue weighted by Crippen LogP contribution is 2.48. The summed E-state index contributed by atoms with van der Waals surface area (Å²) < 4.78 is 5.41. The van der Waals surface area contributed by atoms with Crippen molar-refractivity contribution < 1.29 is 14.0 Å². The van der Waals surface area contributed by atoms with Gasteiger partial charge in [0.25, 0.3) is 0 Å². The van der Waals surface area contributed by atoms with Crippen LogP contribution in [0.5, 0.6) is 0 Å². The Morgan fingerprint density at radius 1 is 1.36 bits per heavy atom. The van der Waals surface area contributed by atoms with Gasteiger partial charge in [-0.3, -0.25) is 4.79 Å². The van der Waals surface area contributed by atoms with Crippen molar-refractivity contribution in [3.63, 3.8) is 0 Å². The topological polar surface area (TPSA) is 65.8 Å². The fraction of sp³-hybridized carbons (Fsp3) is 0.625. The first-order valence-electron chi connectivity index (χ1n) is 8.10. The van der Waals surface area contributed by atoms with Crippen molar-refractivity contribution in [2.24, 2.45) is 5.92 Å². The minimum atomic E-state index is 0.0131. The molecule has 0 bridgehead atoms. The summed E-state index contributed by atoms with van der Waals surface area (Å²) in [6, 6.07) is 4.00.